The molecule has 0 bridgehead atoms. The molecule has 10 heteroatoms. The summed E-state index contributed by atoms with van der Waals surface area (Å²) in [6.07, 6.45) is 6.01. The standard InChI is InChI=1S/C28H37N7O3/c36-25(19-31-8-7-21-3-1-2-4-23(21)17-31)20-35-14-13-34(28(35)38)18-24-15-30-26(16-29-24)32-9-11-33(12-10-32)27(37)22-5-6-22/h1-4,15-16,22,25,36H,5-14,17-20H2/t25-/m1/s1. The summed E-state index contributed by atoms with van der Waals surface area (Å²) in [6, 6.07) is 8.42. The number of aliphatic hydroxyl groups is 1. The van der Waals surface area contributed by atoms with Crippen LogP contribution in [0.3, 0.4) is 0 Å². The molecule has 3 amide bonds. The summed E-state index contributed by atoms with van der Waals surface area (Å²) in [6.45, 7) is 7.29. The van der Waals surface area contributed by atoms with Gasteiger partial charge in [-0.25, -0.2) is 9.78 Å². The van der Waals surface area contributed by atoms with Gasteiger partial charge in [0.2, 0.25) is 5.91 Å². The molecule has 0 radical (unpaired) electrons. The van der Waals surface area contributed by atoms with Crippen molar-refractivity contribution in [3.05, 3.63) is 53.5 Å². The average Bonchev–Trinajstić information content (AvgIpc) is 3.75. The Morgan fingerprint density at radius 2 is 1.68 bits per heavy atom. The van der Waals surface area contributed by atoms with Crippen molar-refractivity contribution in [1.29, 1.82) is 0 Å². The van der Waals surface area contributed by atoms with Crippen molar-refractivity contribution in [2.24, 2.45) is 5.92 Å². The summed E-state index contributed by atoms with van der Waals surface area (Å²) < 4.78 is 0. The molecule has 1 saturated carbocycles. The fourth-order valence-corrected chi connectivity index (χ4v) is 5.80. The average molecular weight is 520 g/mol. The highest BCUT2D eigenvalue weighted by atomic mass is 16.3. The van der Waals surface area contributed by atoms with Crippen molar-refractivity contribution in [2.45, 2.75) is 38.5 Å². The summed E-state index contributed by atoms with van der Waals surface area (Å²) in [5.41, 5.74) is 3.47. The summed E-state index contributed by atoms with van der Waals surface area (Å²) >= 11 is 0. The van der Waals surface area contributed by atoms with Gasteiger partial charge in [0.15, 0.2) is 0 Å². The topological polar surface area (TPSA) is 96.4 Å². The zero-order valence-electron chi connectivity index (χ0n) is 21.9. The zero-order valence-corrected chi connectivity index (χ0v) is 21.9. The van der Waals surface area contributed by atoms with Gasteiger partial charge >= 0.3 is 6.03 Å². The first-order valence-electron chi connectivity index (χ1n) is 13.9. The SMILES string of the molecule is O=C(C1CC1)N1CCN(c2cnc(CN3CCN(C[C@H](O)CN4CCc5ccccc5C4)C3=O)cn2)CC1. The molecule has 2 aromatic rings. The number of carbonyl (C=O) groups excluding carboxylic acids is 2. The van der Waals surface area contributed by atoms with Crippen LogP contribution in [0.5, 0.6) is 0 Å². The van der Waals surface area contributed by atoms with E-state index in [2.05, 4.69) is 44.0 Å². The van der Waals surface area contributed by atoms with Gasteiger partial charge in [0.05, 0.1) is 30.7 Å². The molecule has 6 rings (SSSR count). The number of rotatable bonds is 8. The Labute approximate surface area is 223 Å². The molecule has 4 heterocycles. The molecular weight excluding hydrogens is 482 g/mol. The van der Waals surface area contributed by atoms with E-state index < -0.39 is 6.10 Å². The van der Waals surface area contributed by atoms with E-state index in [1.165, 1.54) is 11.1 Å². The quantitative estimate of drug-likeness (QED) is 0.560. The summed E-state index contributed by atoms with van der Waals surface area (Å²) in [5.74, 6) is 1.38. The van der Waals surface area contributed by atoms with Crippen LogP contribution in [-0.2, 0) is 24.3 Å². The summed E-state index contributed by atoms with van der Waals surface area (Å²) in [4.78, 5) is 44.4. The van der Waals surface area contributed by atoms with Crippen LogP contribution in [0.15, 0.2) is 36.7 Å². The molecule has 1 aliphatic carbocycles. The number of aliphatic hydroxyl groups excluding tert-OH is 1. The Bertz CT molecular complexity index is 1150. The second-order valence-corrected chi connectivity index (χ2v) is 11.0. The van der Waals surface area contributed by atoms with Gasteiger partial charge in [0.25, 0.3) is 0 Å². The third-order valence-corrected chi connectivity index (χ3v) is 8.18. The van der Waals surface area contributed by atoms with Crippen molar-refractivity contribution < 1.29 is 14.7 Å². The maximum atomic E-state index is 13.0. The Morgan fingerprint density at radius 1 is 0.921 bits per heavy atom. The van der Waals surface area contributed by atoms with Gasteiger partial charge in [0, 0.05) is 71.4 Å². The Hall–Kier alpha value is -3.24. The van der Waals surface area contributed by atoms with E-state index >= 15 is 0 Å². The van der Waals surface area contributed by atoms with E-state index in [4.69, 9.17) is 0 Å². The number of carbonyl (C=O) groups is 2. The molecule has 1 aromatic carbocycles. The number of aromatic nitrogens is 2. The molecule has 3 fully saturated rings. The monoisotopic (exact) mass is 519 g/mol. The first-order chi connectivity index (χ1) is 18.5. The summed E-state index contributed by atoms with van der Waals surface area (Å²) in [7, 11) is 0. The van der Waals surface area contributed by atoms with Crippen molar-refractivity contribution in [2.75, 3.05) is 63.8 Å². The number of piperazine rings is 1. The number of hydrogen-bond acceptors (Lipinski definition) is 7. The molecule has 202 valence electrons. The van der Waals surface area contributed by atoms with E-state index in [-0.39, 0.29) is 11.9 Å². The van der Waals surface area contributed by atoms with Crippen LogP contribution in [0, 0.1) is 5.92 Å². The zero-order chi connectivity index (χ0) is 26.1. The maximum absolute atomic E-state index is 13.0. The predicted octanol–water partition coefficient (Wildman–Crippen LogP) is 1.19. The molecule has 3 aliphatic heterocycles. The van der Waals surface area contributed by atoms with Crippen LogP contribution >= 0.6 is 0 Å². The van der Waals surface area contributed by atoms with Crippen LogP contribution in [0.2, 0.25) is 0 Å². The molecule has 1 aromatic heterocycles. The lowest BCUT2D eigenvalue weighted by Crippen LogP contribution is -2.49. The fraction of sp³-hybridized carbons (Fsp3) is 0.571. The van der Waals surface area contributed by atoms with E-state index in [0.717, 1.165) is 70.0 Å². The van der Waals surface area contributed by atoms with Gasteiger partial charge in [-0.2, -0.15) is 0 Å². The van der Waals surface area contributed by atoms with Gasteiger partial charge < -0.3 is 24.7 Å². The minimum Gasteiger partial charge on any atom is -0.390 e. The number of amides is 3. The van der Waals surface area contributed by atoms with Crippen molar-refractivity contribution in [1.82, 2.24) is 29.6 Å². The van der Waals surface area contributed by atoms with Gasteiger partial charge in [-0.3, -0.25) is 14.7 Å². The van der Waals surface area contributed by atoms with E-state index in [9.17, 15) is 14.7 Å². The molecule has 2 saturated heterocycles. The minimum absolute atomic E-state index is 0.0598. The number of hydrogen-bond donors (Lipinski definition) is 1. The maximum Gasteiger partial charge on any atom is 0.320 e. The number of benzene rings is 1. The number of β-amino-alcohol motifs (C(OH)–C–C–N with tert-alkyl or cyclic N) is 1. The first kappa shape index (κ1) is 25.1. The van der Waals surface area contributed by atoms with E-state index in [1.54, 1.807) is 22.2 Å². The van der Waals surface area contributed by atoms with Crippen LogP contribution in [-0.4, -0.2) is 112 Å². The molecule has 10 nitrogen and oxygen atoms in total. The van der Waals surface area contributed by atoms with Gasteiger partial charge in [-0.1, -0.05) is 24.3 Å². The Morgan fingerprint density at radius 3 is 2.42 bits per heavy atom. The number of fused-ring (bicyclic) bond motifs is 1. The number of urea groups is 1. The predicted molar refractivity (Wildman–Crippen MR) is 142 cm³/mol. The van der Waals surface area contributed by atoms with Crippen molar-refractivity contribution >= 4 is 17.8 Å². The van der Waals surface area contributed by atoms with Gasteiger partial charge in [0.1, 0.15) is 5.82 Å². The highest BCUT2D eigenvalue weighted by molar-refractivity contribution is 5.81. The lowest BCUT2D eigenvalue weighted by Gasteiger charge is -2.35. The summed E-state index contributed by atoms with van der Waals surface area (Å²) in [5, 5.41) is 10.7. The lowest BCUT2D eigenvalue weighted by molar-refractivity contribution is -0.132. The minimum atomic E-state index is -0.580. The highest BCUT2D eigenvalue weighted by Gasteiger charge is 2.35. The van der Waals surface area contributed by atoms with Gasteiger partial charge in [-0.05, 0) is 30.4 Å². The largest absolute Gasteiger partial charge is 0.390 e. The van der Waals surface area contributed by atoms with Crippen LogP contribution in [0.1, 0.15) is 29.7 Å². The van der Waals surface area contributed by atoms with Crippen molar-refractivity contribution in [3.8, 4) is 0 Å². The Kier molecular flexibility index (Phi) is 7.16. The van der Waals surface area contributed by atoms with E-state index in [1.807, 2.05) is 4.90 Å². The van der Waals surface area contributed by atoms with Crippen LogP contribution in [0.4, 0.5) is 10.6 Å². The third kappa shape index (κ3) is 5.61. The second kappa shape index (κ2) is 10.9. The fourth-order valence-electron chi connectivity index (χ4n) is 5.80. The smallest absolute Gasteiger partial charge is 0.320 e. The normalized spacial score (nSPS) is 21.1. The lowest BCUT2D eigenvalue weighted by atomic mass is 10.00. The van der Waals surface area contributed by atoms with Crippen molar-refractivity contribution in [3.63, 3.8) is 0 Å². The van der Waals surface area contributed by atoms with Gasteiger partial charge in [-0.15, -0.1) is 0 Å². The van der Waals surface area contributed by atoms with Crippen LogP contribution < -0.4 is 4.90 Å². The number of anilines is 1. The first-order valence-corrected chi connectivity index (χ1v) is 13.9. The number of nitrogens with zero attached hydrogens (tertiary/aromatic N) is 7. The molecule has 0 spiro atoms. The molecule has 38 heavy (non-hydrogen) atoms. The molecule has 0 unspecified atom stereocenters. The molecule has 1 atom stereocenters. The molecule has 4 aliphatic rings. The molecule has 1 N–H and O–H groups in total. The molecular formula is C28H37N7O3. The van der Waals surface area contributed by atoms with E-state index in [0.29, 0.717) is 38.6 Å². The third-order valence-electron chi connectivity index (χ3n) is 8.18. The second-order valence-electron chi connectivity index (χ2n) is 11.0. The Balaban J connectivity index is 0.955. The van der Waals surface area contributed by atoms with Crippen LogP contribution in [0.25, 0.3) is 0 Å². The highest BCUT2D eigenvalue weighted by Crippen LogP contribution is 2.31.